The topological polar surface area (TPSA) is 69.6 Å². The van der Waals surface area contributed by atoms with Crippen LogP contribution < -0.4 is 5.32 Å². The highest BCUT2D eigenvalue weighted by Crippen LogP contribution is 2.27. The maximum absolute atomic E-state index is 11.8. The third kappa shape index (κ3) is 2.52. The molecule has 2 fully saturated rings. The van der Waals surface area contributed by atoms with Crippen molar-refractivity contribution in [3.63, 3.8) is 0 Å². The van der Waals surface area contributed by atoms with Gasteiger partial charge in [-0.25, -0.2) is 0 Å². The molecule has 2 N–H and O–H groups in total. The molecular weight excluding hydrogens is 208 g/mol. The molecule has 0 aromatic heterocycles. The van der Waals surface area contributed by atoms with Crippen LogP contribution in [0.15, 0.2) is 0 Å². The smallest absolute Gasteiger partial charge is 0.242 e. The molecule has 1 saturated heterocycles. The molecule has 2 atom stereocenters. The third-order valence-electron chi connectivity index (χ3n) is 3.25. The third-order valence-corrected chi connectivity index (χ3v) is 3.25. The summed E-state index contributed by atoms with van der Waals surface area (Å²) >= 11 is 0. The summed E-state index contributed by atoms with van der Waals surface area (Å²) in [6, 6.07) is -0.480. The molecule has 16 heavy (non-hydrogen) atoms. The molecule has 0 unspecified atom stereocenters. The van der Waals surface area contributed by atoms with Crippen LogP contribution in [-0.4, -0.2) is 47.1 Å². The largest absolute Gasteiger partial charge is 0.391 e. The van der Waals surface area contributed by atoms with Crippen molar-refractivity contribution in [2.75, 3.05) is 13.1 Å². The number of rotatable bonds is 3. The Bertz CT molecular complexity index is 302. The van der Waals surface area contributed by atoms with Gasteiger partial charge in [-0.3, -0.25) is 9.59 Å². The molecular formula is C11H18N2O3. The number of likely N-dealkylation sites (tertiary alicyclic amines) is 1. The molecule has 1 heterocycles. The highest BCUT2D eigenvalue weighted by atomic mass is 16.3. The van der Waals surface area contributed by atoms with Gasteiger partial charge in [0.05, 0.1) is 6.10 Å². The van der Waals surface area contributed by atoms with Crippen LogP contribution in [0.2, 0.25) is 0 Å². The molecule has 1 saturated carbocycles. The second-order valence-electron chi connectivity index (χ2n) is 4.77. The van der Waals surface area contributed by atoms with Crippen molar-refractivity contribution in [3.05, 3.63) is 0 Å². The Labute approximate surface area is 94.8 Å². The lowest BCUT2D eigenvalue weighted by molar-refractivity contribution is -0.136. The van der Waals surface area contributed by atoms with Gasteiger partial charge in [-0.2, -0.15) is 0 Å². The number of amides is 2. The summed E-state index contributed by atoms with van der Waals surface area (Å²) < 4.78 is 0. The number of carbonyl (C=O) groups excluding carboxylic acids is 2. The number of hydrogen-bond acceptors (Lipinski definition) is 3. The number of aliphatic hydroxyl groups is 1. The zero-order chi connectivity index (χ0) is 11.7. The Balaban J connectivity index is 1.89. The average molecular weight is 226 g/mol. The highest BCUT2D eigenvalue weighted by Gasteiger charge is 2.37. The first-order chi connectivity index (χ1) is 7.58. The fraction of sp³-hybridized carbons (Fsp3) is 0.818. The Morgan fingerprint density at radius 1 is 1.44 bits per heavy atom. The standard InChI is InChI=1S/C11H18N2O3/c1-7(14)13-6-9(15)4-10(13)11(16)12-5-8-2-3-8/h8-10,15H,2-6H2,1H3,(H,12,16)/t9-,10+/m0/s1. The molecule has 5 heteroatoms. The summed E-state index contributed by atoms with van der Waals surface area (Å²) in [6.45, 7) is 2.41. The van der Waals surface area contributed by atoms with Gasteiger partial charge in [0.1, 0.15) is 6.04 Å². The van der Waals surface area contributed by atoms with Gasteiger partial charge in [-0.1, -0.05) is 0 Å². The SMILES string of the molecule is CC(=O)N1C[C@@H](O)C[C@@H]1C(=O)NCC1CC1. The lowest BCUT2D eigenvalue weighted by Gasteiger charge is -2.21. The minimum atomic E-state index is -0.569. The van der Waals surface area contributed by atoms with E-state index in [9.17, 15) is 14.7 Å². The second-order valence-corrected chi connectivity index (χ2v) is 4.77. The Hall–Kier alpha value is -1.10. The first kappa shape index (κ1) is 11.4. The predicted molar refractivity (Wildman–Crippen MR) is 57.5 cm³/mol. The van der Waals surface area contributed by atoms with Crippen molar-refractivity contribution in [2.45, 2.75) is 38.3 Å². The second kappa shape index (κ2) is 4.41. The van der Waals surface area contributed by atoms with E-state index in [1.54, 1.807) is 0 Å². The summed E-state index contributed by atoms with van der Waals surface area (Å²) in [5.41, 5.74) is 0. The maximum Gasteiger partial charge on any atom is 0.242 e. The first-order valence-corrected chi connectivity index (χ1v) is 5.81. The fourth-order valence-electron chi connectivity index (χ4n) is 2.10. The van der Waals surface area contributed by atoms with Crippen LogP contribution in [0.1, 0.15) is 26.2 Å². The quantitative estimate of drug-likeness (QED) is 0.681. The van der Waals surface area contributed by atoms with Gasteiger partial charge >= 0.3 is 0 Å². The molecule has 2 aliphatic rings. The average Bonchev–Trinajstić information content (AvgIpc) is 2.96. The Morgan fingerprint density at radius 2 is 2.12 bits per heavy atom. The minimum absolute atomic E-state index is 0.126. The van der Waals surface area contributed by atoms with E-state index < -0.39 is 12.1 Å². The van der Waals surface area contributed by atoms with Crippen molar-refractivity contribution in [1.82, 2.24) is 10.2 Å². The van der Waals surface area contributed by atoms with E-state index in [0.29, 0.717) is 18.9 Å². The Kier molecular flexibility index (Phi) is 3.14. The van der Waals surface area contributed by atoms with E-state index in [4.69, 9.17) is 0 Å². The molecule has 5 nitrogen and oxygen atoms in total. The molecule has 0 bridgehead atoms. The molecule has 0 aromatic rings. The lowest BCUT2D eigenvalue weighted by Crippen LogP contribution is -2.45. The molecule has 0 aromatic carbocycles. The summed E-state index contributed by atoms with van der Waals surface area (Å²) in [7, 11) is 0. The van der Waals surface area contributed by atoms with E-state index in [2.05, 4.69) is 5.32 Å². The van der Waals surface area contributed by atoms with Gasteiger partial charge in [0.25, 0.3) is 0 Å². The van der Waals surface area contributed by atoms with Gasteiger partial charge < -0.3 is 15.3 Å². The number of nitrogens with one attached hydrogen (secondary N) is 1. The summed E-state index contributed by atoms with van der Waals surface area (Å²) in [5, 5.41) is 12.3. The molecule has 2 amide bonds. The normalized spacial score (nSPS) is 29.2. The van der Waals surface area contributed by atoms with E-state index in [0.717, 1.165) is 0 Å². The monoisotopic (exact) mass is 226 g/mol. The fourth-order valence-corrected chi connectivity index (χ4v) is 2.10. The van der Waals surface area contributed by atoms with Crippen LogP contribution in [0.3, 0.4) is 0 Å². The van der Waals surface area contributed by atoms with Crippen molar-refractivity contribution in [3.8, 4) is 0 Å². The van der Waals surface area contributed by atoms with Crippen LogP contribution in [0.5, 0.6) is 0 Å². The number of aliphatic hydroxyl groups excluding tert-OH is 1. The van der Waals surface area contributed by atoms with Crippen molar-refractivity contribution < 1.29 is 14.7 Å². The molecule has 0 radical (unpaired) electrons. The molecule has 1 aliphatic carbocycles. The minimum Gasteiger partial charge on any atom is -0.391 e. The van der Waals surface area contributed by atoms with Crippen LogP contribution in [0, 0.1) is 5.92 Å². The van der Waals surface area contributed by atoms with Crippen LogP contribution in [-0.2, 0) is 9.59 Å². The summed E-state index contributed by atoms with van der Waals surface area (Å²) in [6.07, 6.45) is 2.16. The van der Waals surface area contributed by atoms with E-state index in [1.165, 1.54) is 24.7 Å². The zero-order valence-electron chi connectivity index (χ0n) is 9.48. The number of hydrogen-bond donors (Lipinski definition) is 2. The van der Waals surface area contributed by atoms with E-state index in [-0.39, 0.29) is 18.4 Å². The van der Waals surface area contributed by atoms with Crippen molar-refractivity contribution in [2.24, 2.45) is 5.92 Å². The zero-order valence-corrected chi connectivity index (χ0v) is 9.48. The van der Waals surface area contributed by atoms with Crippen molar-refractivity contribution >= 4 is 11.8 Å². The molecule has 2 rings (SSSR count). The van der Waals surface area contributed by atoms with Gasteiger partial charge in [0.2, 0.25) is 11.8 Å². The first-order valence-electron chi connectivity index (χ1n) is 5.81. The van der Waals surface area contributed by atoms with Crippen LogP contribution in [0.4, 0.5) is 0 Å². The van der Waals surface area contributed by atoms with Crippen molar-refractivity contribution in [1.29, 1.82) is 0 Å². The van der Waals surface area contributed by atoms with Gasteiger partial charge in [0.15, 0.2) is 0 Å². The van der Waals surface area contributed by atoms with E-state index >= 15 is 0 Å². The summed E-state index contributed by atoms with van der Waals surface area (Å²) in [5.74, 6) is 0.350. The number of carbonyl (C=O) groups is 2. The molecule has 90 valence electrons. The van der Waals surface area contributed by atoms with Gasteiger partial charge in [0, 0.05) is 26.4 Å². The summed E-state index contributed by atoms with van der Waals surface area (Å²) in [4.78, 5) is 24.6. The van der Waals surface area contributed by atoms with Crippen LogP contribution in [0.25, 0.3) is 0 Å². The number of nitrogens with zero attached hydrogens (tertiary/aromatic N) is 1. The highest BCUT2D eigenvalue weighted by molar-refractivity contribution is 5.87. The van der Waals surface area contributed by atoms with Crippen LogP contribution >= 0.6 is 0 Å². The molecule has 0 spiro atoms. The predicted octanol–water partition coefficient (Wildman–Crippen LogP) is -0.506. The Morgan fingerprint density at radius 3 is 2.69 bits per heavy atom. The molecule has 1 aliphatic heterocycles. The van der Waals surface area contributed by atoms with Gasteiger partial charge in [-0.05, 0) is 18.8 Å². The maximum atomic E-state index is 11.8. The van der Waals surface area contributed by atoms with E-state index in [1.807, 2.05) is 0 Å². The van der Waals surface area contributed by atoms with Gasteiger partial charge in [-0.15, -0.1) is 0 Å². The lowest BCUT2D eigenvalue weighted by atomic mass is 10.2. The number of β-amino-alcohol motifs (C(OH)–C–C–N with tert-alkyl or cyclic N) is 1.